The molecule has 1 atom stereocenters. The Kier molecular flexibility index (Phi) is 4.22. The van der Waals surface area contributed by atoms with E-state index in [4.69, 9.17) is 16.0 Å². The number of rotatable bonds is 4. The number of amides is 1. The molecule has 0 spiro atoms. The molecule has 2 rings (SSSR count). The number of furan rings is 1. The van der Waals surface area contributed by atoms with Gasteiger partial charge in [0.05, 0.1) is 11.9 Å². The molecule has 1 unspecified atom stereocenters. The van der Waals surface area contributed by atoms with Crippen molar-refractivity contribution in [2.75, 3.05) is 0 Å². The van der Waals surface area contributed by atoms with Crippen LogP contribution in [0.2, 0.25) is 0 Å². The molecule has 0 aromatic carbocycles. The molecule has 1 N–H and O–H groups in total. The number of halogens is 1. The number of carbonyl (C=O) groups is 1. The van der Waals surface area contributed by atoms with E-state index in [1.807, 2.05) is 19.1 Å². The Morgan fingerprint density at radius 3 is 2.74 bits per heavy atom. The molecule has 0 radical (unpaired) electrons. The standard InChI is InChI=1S/C14H15ClN2O2/c1-9(11-3-5-16-6-4-11)17-14(18)13-7-12(8-15)10(2)19-13/h3-7,9H,8H2,1-2H3,(H,17,18). The van der Waals surface area contributed by atoms with Gasteiger partial charge in [-0.15, -0.1) is 11.6 Å². The number of hydrogen-bond donors (Lipinski definition) is 1. The third-order valence-corrected chi connectivity index (χ3v) is 3.23. The molecule has 2 heterocycles. The highest BCUT2D eigenvalue weighted by Crippen LogP contribution is 2.18. The van der Waals surface area contributed by atoms with Crippen molar-refractivity contribution in [1.29, 1.82) is 0 Å². The number of nitrogens with zero attached hydrogens (tertiary/aromatic N) is 1. The second-order valence-electron chi connectivity index (χ2n) is 4.30. The Bertz CT molecular complexity index is 566. The lowest BCUT2D eigenvalue weighted by Crippen LogP contribution is -2.26. The van der Waals surface area contributed by atoms with Gasteiger partial charge in [-0.2, -0.15) is 0 Å². The maximum absolute atomic E-state index is 12.0. The van der Waals surface area contributed by atoms with Gasteiger partial charge in [0, 0.05) is 18.0 Å². The van der Waals surface area contributed by atoms with Gasteiger partial charge in [-0.25, -0.2) is 0 Å². The van der Waals surface area contributed by atoms with Crippen molar-refractivity contribution in [1.82, 2.24) is 10.3 Å². The van der Waals surface area contributed by atoms with E-state index in [1.54, 1.807) is 25.4 Å². The molecule has 0 saturated heterocycles. The quantitative estimate of drug-likeness (QED) is 0.874. The summed E-state index contributed by atoms with van der Waals surface area (Å²) < 4.78 is 5.40. The molecule has 5 heteroatoms. The van der Waals surface area contributed by atoms with Gasteiger partial charge in [0.15, 0.2) is 5.76 Å². The summed E-state index contributed by atoms with van der Waals surface area (Å²) in [6.45, 7) is 3.70. The first-order valence-electron chi connectivity index (χ1n) is 5.98. The SMILES string of the molecule is Cc1oc(C(=O)NC(C)c2ccncc2)cc1CCl. The minimum atomic E-state index is -0.247. The van der Waals surface area contributed by atoms with Crippen LogP contribution in [0.1, 0.15) is 40.4 Å². The summed E-state index contributed by atoms with van der Waals surface area (Å²) in [7, 11) is 0. The minimum Gasteiger partial charge on any atom is -0.456 e. The van der Waals surface area contributed by atoms with Gasteiger partial charge >= 0.3 is 0 Å². The first kappa shape index (κ1) is 13.6. The minimum absolute atomic E-state index is 0.111. The number of pyridine rings is 1. The fourth-order valence-corrected chi connectivity index (χ4v) is 2.03. The molecular weight excluding hydrogens is 264 g/mol. The number of carbonyl (C=O) groups excluding carboxylic acids is 1. The number of aryl methyl sites for hydroxylation is 1. The van der Waals surface area contributed by atoms with Crippen LogP contribution in [-0.2, 0) is 5.88 Å². The van der Waals surface area contributed by atoms with E-state index in [1.165, 1.54) is 0 Å². The highest BCUT2D eigenvalue weighted by Gasteiger charge is 2.16. The van der Waals surface area contributed by atoms with Gasteiger partial charge in [-0.1, -0.05) is 0 Å². The Morgan fingerprint density at radius 1 is 1.47 bits per heavy atom. The molecule has 1 amide bonds. The summed E-state index contributed by atoms with van der Waals surface area (Å²) in [5.41, 5.74) is 1.83. The zero-order valence-electron chi connectivity index (χ0n) is 10.8. The van der Waals surface area contributed by atoms with Crippen molar-refractivity contribution in [3.63, 3.8) is 0 Å². The third-order valence-electron chi connectivity index (χ3n) is 2.94. The zero-order valence-corrected chi connectivity index (χ0v) is 11.6. The van der Waals surface area contributed by atoms with E-state index in [-0.39, 0.29) is 17.7 Å². The van der Waals surface area contributed by atoms with Crippen LogP contribution in [0, 0.1) is 6.92 Å². The van der Waals surface area contributed by atoms with E-state index in [0.29, 0.717) is 11.6 Å². The lowest BCUT2D eigenvalue weighted by molar-refractivity contribution is 0.0910. The molecular formula is C14H15ClN2O2. The molecule has 100 valence electrons. The fourth-order valence-electron chi connectivity index (χ4n) is 1.77. The van der Waals surface area contributed by atoms with E-state index in [0.717, 1.165) is 11.1 Å². The normalized spacial score (nSPS) is 12.2. The molecule has 0 aliphatic heterocycles. The maximum Gasteiger partial charge on any atom is 0.287 e. The van der Waals surface area contributed by atoms with Crippen LogP contribution in [0.3, 0.4) is 0 Å². The molecule has 0 saturated carbocycles. The summed E-state index contributed by atoms with van der Waals surface area (Å²) in [4.78, 5) is 16.0. The zero-order chi connectivity index (χ0) is 13.8. The van der Waals surface area contributed by atoms with Crippen LogP contribution >= 0.6 is 11.6 Å². The highest BCUT2D eigenvalue weighted by molar-refractivity contribution is 6.17. The summed E-state index contributed by atoms with van der Waals surface area (Å²) >= 11 is 5.75. The average Bonchev–Trinajstić information content (AvgIpc) is 2.81. The predicted octanol–water partition coefficient (Wildman–Crippen LogP) is 3.21. The highest BCUT2D eigenvalue weighted by atomic mass is 35.5. The third kappa shape index (κ3) is 3.15. The Morgan fingerprint density at radius 2 is 2.16 bits per heavy atom. The van der Waals surface area contributed by atoms with E-state index in [9.17, 15) is 4.79 Å². The largest absolute Gasteiger partial charge is 0.456 e. The summed E-state index contributed by atoms with van der Waals surface area (Å²) in [5, 5.41) is 2.87. The molecule has 0 bridgehead atoms. The van der Waals surface area contributed by atoms with Crippen molar-refractivity contribution in [2.45, 2.75) is 25.8 Å². The Labute approximate surface area is 116 Å². The van der Waals surface area contributed by atoms with Crippen LogP contribution in [-0.4, -0.2) is 10.9 Å². The smallest absolute Gasteiger partial charge is 0.287 e. The number of aromatic nitrogens is 1. The molecule has 0 aliphatic rings. The summed E-state index contributed by atoms with van der Waals surface area (Å²) in [6.07, 6.45) is 3.39. The lowest BCUT2D eigenvalue weighted by Gasteiger charge is -2.12. The van der Waals surface area contributed by atoms with Crippen molar-refractivity contribution < 1.29 is 9.21 Å². The lowest BCUT2D eigenvalue weighted by atomic mass is 10.1. The predicted molar refractivity (Wildman–Crippen MR) is 73.1 cm³/mol. The monoisotopic (exact) mass is 278 g/mol. The van der Waals surface area contributed by atoms with Gasteiger partial charge in [-0.05, 0) is 37.6 Å². The molecule has 0 fully saturated rings. The van der Waals surface area contributed by atoms with Crippen molar-refractivity contribution in [2.24, 2.45) is 0 Å². The van der Waals surface area contributed by atoms with Crippen LogP contribution in [0.25, 0.3) is 0 Å². The van der Waals surface area contributed by atoms with Gasteiger partial charge in [-0.3, -0.25) is 9.78 Å². The second kappa shape index (κ2) is 5.89. The fraction of sp³-hybridized carbons (Fsp3) is 0.286. The van der Waals surface area contributed by atoms with Crippen LogP contribution in [0.15, 0.2) is 35.0 Å². The van der Waals surface area contributed by atoms with Crippen LogP contribution in [0.5, 0.6) is 0 Å². The Hall–Kier alpha value is -1.81. The van der Waals surface area contributed by atoms with Crippen LogP contribution < -0.4 is 5.32 Å². The first-order chi connectivity index (χ1) is 9.11. The maximum atomic E-state index is 12.0. The summed E-state index contributed by atoms with van der Waals surface area (Å²) in [6, 6.07) is 5.29. The molecule has 2 aromatic rings. The van der Waals surface area contributed by atoms with Gasteiger partial charge in [0.2, 0.25) is 0 Å². The van der Waals surface area contributed by atoms with Crippen LogP contribution in [0.4, 0.5) is 0 Å². The van der Waals surface area contributed by atoms with Gasteiger partial charge in [0.25, 0.3) is 5.91 Å². The molecule has 4 nitrogen and oxygen atoms in total. The number of alkyl halides is 1. The molecule has 2 aromatic heterocycles. The van der Waals surface area contributed by atoms with Crippen molar-refractivity contribution >= 4 is 17.5 Å². The average molecular weight is 279 g/mol. The second-order valence-corrected chi connectivity index (χ2v) is 4.57. The van der Waals surface area contributed by atoms with Gasteiger partial charge < -0.3 is 9.73 Å². The first-order valence-corrected chi connectivity index (χ1v) is 6.51. The summed E-state index contributed by atoms with van der Waals surface area (Å²) in [5.74, 6) is 1.05. The van der Waals surface area contributed by atoms with E-state index < -0.39 is 0 Å². The topological polar surface area (TPSA) is 55.1 Å². The van der Waals surface area contributed by atoms with Gasteiger partial charge in [0.1, 0.15) is 5.76 Å². The Balaban J connectivity index is 2.08. The van der Waals surface area contributed by atoms with Crippen molar-refractivity contribution in [3.05, 3.63) is 53.2 Å². The number of hydrogen-bond acceptors (Lipinski definition) is 3. The molecule has 19 heavy (non-hydrogen) atoms. The molecule has 0 aliphatic carbocycles. The number of nitrogens with one attached hydrogen (secondary N) is 1. The van der Waals surface area contributed by atoms with Crippen molar-refractivity contribution in [3.8, 4) is 0 Å². The van der Waals surface area contributed by atoms with E-state index in [2.05, 4.69) is 10.3 Å². The van der Waals surface area contributed by atoms with E-state index >= 15 is 0 Å².